The Labute approximate surface area is 141 Å². The minimum Gasteiger partial charge on any atom is -0.496 e. The third-order valence-electron chi connectivity index (χ3n) is 3.91. The van der Waals surface area contributed by atoms with Crippen molar-refractivity contribution < 1.29 is 9.53 Å². The van der Waals surface area contributed by atoms with Gasteiger partial charge in [-0.2, -0.15) is 0 Å². The van der Waals surface area contributed by atoms with Crippen LogP contribution < -0.4 is 10.1 Å². The number of carbonyl (C=O) groups excluding carboxylic acids is 1. The molecule has 0 fully saturated rings. The lowest BCUT2D eigenvalue weighted by Gasteiger charge is -2.03. The molecule has 1 aliphatic heterocycles. The number of aliphatic imine (C=N–C) groups is 1. The molecule has 0 bridgehead atoms. The molecule has 1 amide bonds. The Kier molecular flexibility index (Phi) is 4.75. The van der Waals surface area contributed by atoms with E-state index in [2.05, 4.69) is 35.4 Å². The second-order valence-electron chi connectivity index (χ2n) is 5.77. The molecule has 2 aromatic carbocycles. The first-order chi connectivity index (χ1) is 11.7. The van der Waals surface area contributed by atoms with Gasteiger partial charge in [-0.3, -0.25) is 4.79 Å². The SMILES string of the molecule is COc1ccccc1/C=C1\N=C(CCc2cccc(C)c2)NC1=O. The number of rotatable bonds is 5. The Morgan fingerprint density at radius 1 is 1.12 bits per heavy atom. The molecule has 0 atom stereocenters. The van der Waals surface area contributed by atoms with Crippen LogP contribution in [0.15, 0.2) is 59.2 Å². The second-order valence-corrected chi connectivity index (χ2v) is 5.77. The van der Waals surface area contributed by atoms with E-state index in [0.717, 1.165) is 17.7 Å². The number of aryl methyl sites for hydroxylation is 2. The average Bonchev–Trinajstić information content (AvgIpc) is 2.93. The van der Waals surface area contributed by atoms with Crippen LogP contribution in [-0.4, -0.2) is 18.9 Å². The van der Waals surface area contributed by atoms with Crippen molar-refractivity contribution in [3.8, 4) is 5.75 Å². The number of hydrogen-bond donors (Lipinski definition) is 1. The van der Waals surface area contributed by atoms with Gasteiger partial charge in [-0.15, -0.1) is 0 Å². The van der Waals surface area contributed by atoms with E-state index in [-0.39, 0.29) is 5.91 Å². The van der Waals surface area contributed by atoms with Gasteiger partial charge in [0.1, 0.15) is 17.3 Å². The fraction of sp³-hybridized carbons (Fsp3) is 0.200. The quantitative estimate of drug-likeness (QED) is 0.857. The van der Waals surface area contributed by atoms with Crippen molar-refractivity contribution in [1.29, 1.82) is 0 Å². The predicted molar refractivity (Wildman–Crippen MR) is 96.0 cm³/mol. The van der Waals surface area contributed by atoms with Gasteiger partial charge in [-0.05, 0) is 31.1 Å². The van der Waals surface area contributed by atoms with Crippen LogP contribution in [0.4, 0.5) is 0 Å². The summed E-state index contributed by atoms with van der Waals surface area (Å²) in [6.07, 6.45) is 3.31. The standard InChI is InChI=1S/C20H20N2O2/c1-14-6-5-7-15(12-14)10-11-19-21-17(20(23)22-19)13-16-8-3-4-9-18(16)24-2/h3-9,12-13H,10-11H2,1-2H3,(H,21,22,23)/b17-13-. The van der Waals surface area contributed by atoms with E-state index < -0.39 is 0 Å². The van der Waals surface area contributed by atoms with E-state index in [1.165, 1.54) is 11.1 Å². The molecule has 1 heterocycles. The lowest BCUT2D eigenvalue weighted by atomic mass is 10.1. The highest BCUT2D eigenvalue weighted by Gasteiger charge is 2.20. The number of hydrogen-bond acceptors (Lipinski definition) is 3. The van der Waals surface area contributed by atoms with E-state index in [4.69, 9.17) is 4.74 Å². The van der Waals surface area contributed by atoms with Gasteiger partial charge in [0.15, 0.2) is 0 Å². The molecule has 4 nitrogen and oxygen atoms in total. The molecular weight excluding hydrogens is 300 g/mol. The van der Waals surface area contributed by atoms with Gasteiger partial charge in [0.05, 0.1) is 7.11 Å². The van der Waals surface area contributed by atoms with Crippen molar-refractivity contribution in [1.82, 2.24) is 5.32 Å². The van der Waals surface area contributed by atoms with Gasteiger partial charge in [-0.25, -0.2) is 4.99 Å². The molecule has 0 spiro atoms. The van der Waals surface area contributed by atoms with Crippen molar-refractivity contribution in [2.75, 3.05) is 7.11 Å². The number of benzene rings is 2. The van der Waals surface area contributed by atoms with Crippen molar-refractivity contribution in [2.45, 2.75) is 19.8 Å². The Balaban J connectivity index is 1.74. The van der Waals surface area contributed by atoms with Gasteiger partial charge in [0.25, 0.3) is 5.91 Å². The molecule has 24 heavy (non-hydrogen) atoms. The number of ether oxygens (including phenoxy) is 1. The summed E-state index contributed by atoms with van der Waals surface area (Å²) in [7, 11) is 1.61. The van der Waals surface area contributed by atoms with Crippen LogP contribution in [0.1, 0.15) is 23.1 Å². The molecule has 3 rings (SSSR count). The molecular formula is C20H20N2O2. The van der Waals surface area contributed by atoms with Crippen LogP contribution >= 0.6 is 0 Å². The van der Waals surface area contributed by atoms with E-state index >= 15 is 0 Å². The Morgan fingerprint density at radius 3 is 2.75 bits per heavy atom. The Hall–Kier alpha value is -2.88. The van der Waals surface area contributed by atoms with Gasteiger partial charge in [0, 0.05) is 12.0 Å². The highest BCUT2D eigenvalue weighted by atomic mass is 16.5. The molecule has 2 aromatic rings. The van der Waals surface area contributed by atoms with Gasteiger partial charge >= 0.3 is 0 Å². The summed E-state index contributed by atoms with van der Waals surface area (Å²) in [5, 5.41) is 2.85. The number of carbonyl (C=O) groups is 1. The number of amidine groups is 1. The van der Waals surface area contributed by atoms with E-state index in [1.807, 2.05) is 30.3 Å². The topological polar surface area (TPSA) is 50.7 Å². The largest absolute Gasteiger partial charge is 0.496 e. The molecule has 122 valence electrons. The van der Waals surface area contributed by atoms with Crippen LogP contribution in [0.3, 0.4) is 0 Å². The Bertz CT molecular complexity index is 822. The molecule has 0 radical (unpaired) electrons. The number of amides is 1. The first-order valence-corrected chi connectivity index (χ1v) is 7.95. The number of nitrogens with zero attached hydrogens (tertiary/aromatic N) is 1. The summed E-state index contributed by atoms with van der Waals surface area (Å²) in [6, 6.07) is 15.9. The van der Waals surface area contributed by atoms with E-state index in [1.54, 1.807) is 13.2 Å². The lowest BCUT2D eigenvalue weighted by molar-refractivity contribution is -0.115. The number of nitrogens with one attached hydrogen (secondary N) is 1. The normalized spacial score (nSPS) is 15.3. The zero-order valence-corrected chi connectivity index (χ0v) is 13.9. The predicted octanol–water partition coefficient (Wildman–Crippen LogP) is 3.51. The Morgan fingerprint density at radius 2 is 1.96 bits per heavy atom. The van der Waals surface area contributed by atoms with Gasteiger partial charge in [-0.1, -0.05) is 48.0 Å². The van der Waals surface area contributed by atoms with Gasteiger partial charge in [0.2, 0.25) is 0 Å². The summed E-state index contributed by atoms with van der Waals surface area (Å²) in [5.74, 6) is 1.27. The highest BCUT2D eigenvalue weighted by molar-refractivity contribution is 6.14. The average molecular weight is 320 g/mol. The highest BCUT2D eigenvalue weighted by Crippen LogP contribution is 2.22. The molecule has 1 N–H and O–H groups in total. The maximum absolute atomic E-state index is 12.1. The van der Waals surface area contributed by atoms with E-state index in [0.29, 0.717) is 18.0 Å². The fourth-order valence-corrected chi connectivity index (χ4v) is 2.70. The first-order valence-electron chi connectivity index (χ1n) is 7.95. The molecule has 1 aliphatic rings. The van der Waals surface area contributed by atoms with Crippen LogP contribution in [0, 0.1) is 6.92 Å². The summed E-state index contributed by atoms with van der Waals surface area (Å²) in [6.45, 7) is 2.08. The third-order valence-corrected chi connectivity index (χ3v) is 3.91. The first kappa shape index (κ1) is 16.0. The van der Waals surface area contributed by atoms with Crippen molar-refractivity contribution >= 4 is 17.8 Å². The fourth-order valence-electron chi connectivity index (χ4n) is 2.70. The van der Waals surface area contributed by atoms with Crippen molar-refractivity contribution in [3.05, 3.63) is 70.9 Å². The molecule has 0 saturated heterocycles. The molecule has 0 unspecified atom stereocenters. The second kappa shape index (κ2) is 7.13. The third kappa shape index (κ3) is 3.71. The van der Waals surface area contributed by atoms with Crippen LogP contribution in [0.5, 0.6) is 5.75 Å². The summed E-state index contributed by atoms with van der Waals surface area (Å²) >= 11 is 0. The molecule has 4 heteroatoms. The monoisotopic (exact) mass is 320 g/mol. The number of para-hydroxylation sites is 1. The smallest absolute Gasteiger partial charge is 0.275 e. The van der Waals surface area contributed by atoms with Crippen LogP contribution in [0.25, 0.3) is 6.08 Å². The maximum Gasteiger partial charge on any atom is 0.275 e. The molecule has 0 saturated carbocycles. The summed E-state index contributed by atoms with van der Waals surface area (Å²) in [5.41, 5.74) is 3.74. The summed E-state index contributed by atoms with van der Waals surface area (Å²) < 4.78 is 5.31. The molecule has 0 aromatic heterocycles. The van der Waals surface area contributed by atoms with Gasteiger partial charge < -0.3 is 10.1 Å². The zero-order valence-electron chi connectivity index (χ0n) is 13.9. The van der Waals surface area contributed by atoms with Crippen LogP contribution in [-0.2, 0) is 11.2 Å². The van der Waals surface area contributed by atoms with Crippen LogP contribution in [0.2, 0.25) is 0 Å². The van der Waals surface area contributed by atoms with Crippen molar-refractivity contribution in [3.63, 3.8) is 0 Å². The van der Waals surface area contributed by atoms with Crippen molar-refractivity contribution in [2.24, 2.45) is 4.99 Å². The zero-order chi connectivity index (χ0) is 16.9. The molecule has 0 aliphatic carbocycles. The minimum absolute atomic E-state index is 0.167. The van der Waals surface area contributed by atoms with E-state index in [9.17, 15) is 4.79 Å². The number of methoxy groups -OCH3 is 1. The minimum atomic E-state index is -0.167. The lowest BCUT2D eigenvalue weighted by Crippen LogP contribution is -2.24. The maximum atomic E-state index is 12.1. The summed E-state index contributed by atoms with van der Waals surface area (Å²) in [4.78, 5) is 16.6.